The summed E-state index contributed by atoms with van der Waals surface area (Å²) in [7, 11) is 0. The third-order valence-electron chi connectivity index (χ3n) is 7.04. The molecule has 0 radical (unpaired) electrons. The van der Waals surface area contributed by atoms with Crippen molar-refractivity contribution >= 4 is 35.2 Å². The highest BCUT2D eigenvalue weighted by Crippen LogP contribution is 2.35. The second-order valence-corrected chi connectivity index (χ2v) is 9.92. The van der Waals surface area contributed by atoms with E-state index in [0.717, 1.165) is 11.1 Å². The average molecular weight is 522 g/mol. The first kappa shape index (κ1) is 26.6. The van der Waals surface area contributed by atoms with Crippen molar-refractivity contribution in [2.45, 2.75) is 45.2 Å². The second-order valence-electron chi connectivity index (χ2n) is 9.48. The van der Waals surface area contributed by atoms with Gasteiger partial charge in [-0.3, -0.25) is 24.1 Å². The van der Waals surface area contributed by atoms with Crippen LogP contribution in [0.25, 0.3) is 0 Å². The Kier molecular flexibility index (Phi) is 8.77. The van der Waals surface area contributed by atoms with Crippen molar-refractivity contribution in [1.29, 1.82) is 0 Å². The number of nitrogens with zero attached hydrogens (tertiary/aromatic N) is 2. The molecule has 7 nitrogen and oxygen atoms in total. The number of benzene rings is 2. The fourth-order valence-corrected chi connectivity index (χ4v) is 5.20. The van der Waals surface area contributed by atoms with E-state index < -0.39 is 6.04 Å². The van der Waals surface area contributed by atoms with Crippen molar-refractivity contribution in [3.05, 3.63) is 82.9 Å². The maximum atomic E-state index is 13.7. The van der Waals surface area contributed by atoms with Gasteiger partial charge in [0.15, 0.2) is 0 Å². The number of likely N-dealkylation sites (N-methyl/N-ethyl adjacent to an activating group) is 1. The summed E-state index contributed by atoms with van der Waals surface area (Å²) >= 11 is 6.06. The third-order valence-corrected chi connectivity index (χ3v) is 7.29. The van der Waals surface area contributed by atoms with Crippen LogP contribution in [-0.4, -0.2) is 52.6 Å². The van der Waals surface area contributed by atoms with Crippen molar-refractivity contribution in [3.8, 4) is 0 Å². The molecule has 1 aliphatic carbocycles. The number of likely N-dealkylation sites (tertiary alicyclic amines) is 1. The van der Waals surface area contributed by atoms with Crippen molar-refractivity contribution in [3.63, 3.8) is 0 Å². The SMILES string of the molecule is CCNC(=O)C(Cc1ccccc1)N(Cc1ccc(Cl)cc1)C(=O)CCN1C(=O)[C@H]2CC=CC[C@H]2C1=O. The zero-order valence-electron chi connectivity index (χ0n) is 20.9. The molecule has 1 aliphatic heterocycles. The molecular formula is C29H32ClN3O4. The maximum absolute atomic E-state index is 13.7. The van der Waals surface area contributed by atoms with E-state index in [1.54, 1.807) is 17.0 Å². The van der Waals surface area contributed by atoms with Gasteiger partial charge in [-0.2, -0.15) is 0 Å². The molecule has 0 spiro atoms. The summed E-state index contributed by atoms with van der Waals surface area (Å²) < 4.78 is 0. The summed E-state index contributed by atoms with van der Waals surface area (Å²) in [5.74, 6) is -1.63. The van der Waals surface area contributed by atoms with Crippen LogP contribution < -0.4 is 5.32 Å². The van der Waals surface area contributed by atoms with Gasteiger partial charge in [0.2, 0.25) is 23.6 Å². The quantitative estimate of drug-likeness (QED) is 0.381. The van der Waals surface area contributed by atoms with Crippen LogP contribution in [0.5, 0.6) is 0 Å². The number of hydrogen-bond acceptors (Lipinski definition) is 4. The molecule has 1 N–H and O–H groups in total. The van der Waals surface area contributed by atoms with Crippen LogP contribution in [0.3, 0.4) is 0 Å². The molecule has 2 aromatic carbocycles. The molecule has 8 heteroatoms. The smallest absolute Gasteiger partial charge is 0.243 e. The van der Waals surface area contributed by atoms with Crippen LogP contribution >= 0.6 is 11.6 Å². The van der Waals surface area contributed by atoms with Gasteiger partial charge >= 0.3 is 0 Å². The van der Waals surface area contributed by atoms with E-state index in [0.29, 0.717) is 30.8 Å². The van der Waals surface area contributed by atoms with E-state index in [2.05, 4.69) is 5.32 Å². The van der Waals surface area contributed by atoms with Crippen LogP contribution in [-0.2, 0) is 32.1 Å². The number of fused-ring (bicyclic) bond motifs is 1. The lowest BCUT2D eigenvalue weighted by atomic mass is 9.85. The molecule has 1 heterocycles. The third kappa shape index (κ3) is 6.28. The predicted molar refractivity (Wildman–Crippen MR) is 141 cm³/mol. The van der Waals surface area contributed by atoms with Crippen LogP contribution in [0.4, 0.5) is 0 Å². The van der Waals surface area contributed by atoms with Gasteiger partial charge in [0.25, 0.3) is 0 Å². The largest absolute Gasteiger partial charge is 0.355 e. The zero-order valence-corrected chi connectivity index (χ0v) is 21.7. The predicted octanol–water partition coefficient (Wildman–Crippen LogP) is 3.76. The number of allylic oxidation sites excluding steroid dienone is 2. The minimum atomic E-state index is -0.762. The normalized spacial score (nSPS) is 19.5. The van der Waals surface area contributed by atoms with Crippen LogP contribution in [0.2, 0.25) is 5.02 Å². The Balaban J connectivity index is 1.56. The van der Waals surface area contributed by atoms with Crippen molar-refractivity contribution in [2.24, 2.45) is 11.8 Å². The van der Waals surface area contributed by atoms with E-state index in [1.807, 2.05) is 61.5 Å². The van der Waals surface area contributed by atoms with Gasteiger partial charge in [0, 0.05) is 37.5 Å². The first-order valence-electron chi connectivity index (χ1n) is 12.7. The molecule has 0 aromatic heterocycles. The standard InChI is InChI=1S/C29H32ClN3O4/c1-2-31-27(35)25(18-20-8-4-3-5-9-20)33(19-21-12-14-22(30)15-13-21)26(34)16-17-32-28(36)23-10-6-7-11-24(23)29(32)37/h3-9,12-15,23-25H,2,10-11,16-19H2,1H3,(H,31,35)/t23-,24+,25?. The second kappa shape index (κ2) is 12.2. The van der Waals surface area contributed by atoms with E-state index in [-0.39, 0.29) is 55.0 Å². The summed E-state index contributed by atoms with van der Waals surface area (Å²) in [6.07, 6.45) is 5.27. The van der Waals surface area contributed by atoms with Gasteiger partial charge < -0.3 is 10.2 Å². The number of halogens is 1. The Hall–Kier alpha value is -3.45. The van der Waals surface area contributed by atoms with Crippen LogP contribution in [0.1, 0.15) is 37.3 Å². The van der Waals surface area contributed by atoms with E-state index in [1.165, 1.54) is 4.90 Å². The van der Waals surface area contributed by atoms with Gasteiger partial charge in [0.1, 0.15) is 6.04 Å². The molecule has 194 valence electrons. The molecule has 0 bridgehead atoms. The monoisotopic (exact) mass is 521 g/mol. The highest BCUT2D eigenvalue weighted by atomic mass is 35.5. The molecule has 1 unspecified atom stereocenters. The van der Waals surface area contributed by atoms with Crippen molar-refractivity contribution in [2.75, 3.05) is 13.1 Å². The van der Waals surface area contributed by atoms with Gasteiger partial charge in [-0.05, 0) is 43.0 Å². The lowest BCUT2D eigenvalue weighted by Crippen LogP contribution is -2.51. The first-order valence-corrected chi connectivity index (χ1v) is 13.1. The Bertz CT molecular complexity index is 1140. The number of imide groups is 1. The summed E-state index contributed by atoms with van der Waals surface area (Å²) in [5, 5.41) is 3.44. The van der Waals surface area contributed by atoms with Gasteiger partial charge in [-0.25, -0.2) is 0 Å². The van der Waals surface area contributed by atoms with Gasteiger partial charge in [-0.1, -0.05) is 66.2 Å². The highest BCUT2D eigenvalue weighted by molar-refractivity contribution is 6.30. The fraction of sp³-hybridized carbons (Fsp3) is 0.379. The van der Waals surface area contributed by atoms with E-state index >= 15 is 0 Å². The lowest BCUT2D eigenvalue weighted by Gasteiger charge is -2.32. The minimum Gasteiger partial charge on any atom is -0.355 e. The van der Waals surface area contributed by atoms with Gasteiger partial charge in [-0.15, -0.1) is 0 Å². The molecule has 37 heavy (non-hydrogen) atoms. The molecule has 1 fully saturated rings. The van der Waals surface area contributed by atoms with Gasteiger partial charge in [0.05, 0.1) is 11.8 Å². The maximum Gasteiger partial charge on any atom is 0.243 e. The topological polar surface area (TPSA) is 86.8 Å². The zero-order chi connectivity index (χ0) is 26.4. The molecule has 3 atom stereocenters. The minimum absolute atomic E-state index is 0.00801. The Labute approximate surface area is 222 Å². The van der Waals surface area contributed by atoms with Crippen LogP contribution in [0, 0.1) is 11.8 Å². The number of rotatable bonds is 10. The molecule has 0 saturated carbocycles. The Morgan fingerprint density at radius 2 is 1.59 bits per heavy atom. The fourth-order valence-electron chi connectivity index (χ4n) is 5.07. The molecule has 1 saturated heterocycles. The number of carbonyl (C=O) groups is 4. The number of carbonyl (C=O) groups excluding carboxylic acids is 4. The molecule has 4 amide bonds. The van der Waals surface area contributed by atoms with Crippen molar-refractivity contribution < 1.29 is 19.2 Å². The number of hydrogen-bond donors (Lipinski definition) is 1. The Morgan fingerprint density at radius 1 is 0.973 bits per heavy atom. The molecular weight excluding hydrogens is 490 g/mol. The summed E-state index contributed by atoms with van der Waals surface area (Å²) in [5.41, 5.74) is 1.75. The van der Waals surface area contributed by atoms with Crippen LogP contribution in [0.15, 0.2) is 66.7 Å². The Morgan fingerprint density at radius 3 is 2.19 bits per heavy atom. The summed E-state index contributed by atoms with van der Waals surface area (Å²) in [6, 6.07) is 15.9. The first-order chi connectivity index (χ1) is 17.9. The summed E-state index contributed by atoms with van der Waals surface area (Å²) in [4.78, 5) is 55.5. The molecule has 2 aliphatic rings. The number of amides is 4. The van der Waals surface area contributed by atoms with E-state index in [9.17, 15) is 19.2 Å². The summed E-state index contributed by atoms with van der Waals surface area (Å²) in [6.45, 7) is 2.47. The molecule has 2 aromatic rings. The highest BCUT2D eigenvalue weighted by Gasteiger charge is 2.47. The molecule has 4 rings (SSSR count). The van der Waals surface area contributed by atoms with E-state index in [4.69, 9.17) is 11.6 Å². The average Bonchev–Trinajstić information content (AvgIpc) is 3.15. The number of nitrogens with one attached hydrogen (secondary N) is 1. The lowest BCUT2D eigenvalue weighted by molar-refractivity contribution is -0.144. The van der Waals surface area contributed by atoms with Crippen molar-refractivity contribution in [1.82, 2.24) is 15.1 Å².